The predicted octanol–water partition coefficient (Wildman–Crippen LogP) is 3.46. The van der Waals surface area contributed by atoms with Crippen LogP contribution in [0.25, 0.3) is 0 Å². The van der Waals surface area contributed by atoms with Crippen LogP contribution in [-0.4, -0.2) is 28.4 Å². The number of halogens is 3. The smallest absolute Gasteiger partial charge is 0.248 e. The van der Waals surface area contributed by atoms with Crippen molar-refractivity contribution in [3.8, 4) is 5.88 Å². The van der Waals surface area contributed by atoms with Crippen LogP contribution in [0.4, 0.5) is 8.78 Å². The Kier molecular flexibility index (Phi) is 4.55. The van der Waals surface area contributed by atoms with Gasteiger partial charge in [-0.2, -0.15) is 0 Å². The van der Waals surface area contributed by atoms with Crippen molar-refractivity contribution in [2.45, 2.75) is 43.4 Å². The van der Waals surface area contributed by atoms with Gasteiger partial charge in [-0.25, -0.2) is 18.7 Å². The lowest BCUT2D eigenvalue weighted by atomic mass is 9.83. The van der Waals surface area contributed by atoms with Crippen LogP contribution in [0.2, 0.25) is 0 Å². The summed E-state index contributed by atoms with van der Waals surface area (Å²) in [6.45, 7) is 0. The second kappa shape index (κ2) is 5.99. The third-order valence-electron chi connectivity index (χ3n) is 3.59. The summed E-state index contributed by atoms with van der Waals surface area (Å²) in [6, 6.07) is 1.73. The topological polar surface area (TPSA) is 35.0 Å². The van der Waals surface area contributed by atoms with Crippen LogP contribution in [0.1, 0.15) is 31.4 Å². The Morgan fingerprint density at radius 1 is 1.42 bits per heavy atom. The van der Waals surface area contributed by atoms with E-state index in [2.05, 4.69) is 9.97 Å². The molecule has 0 amide bonds. The van der Waals surface area contributed by atoms with E-state index in [0.29, 0.717) is 25.1 Å². The zero-order valence-corrected chi connectivity index (χ0v) is 11.5. The van der Waals surface area contributed by atoms with Gasteiger partial charge >= 0.3 is 0 Å². The molecule has 1 aliphatic rings. The minimum Gasteiger partial charge on any atom is -0.481 e. The number of methoxy groups -OCH3 is 1. The molecule has 106 valence electrons. The lowest BCUT2D eigenvalue weighted by Crippen LogP contribution is -2.29. The third-order valence-corrected chi connectivity index (χ3v) is 4.10. The van der Waals surface area contributed by atoms with E-state index in [1.807, 2.05) is 0 Å². The second-order valence-corrected chi connectivity index (χ2v) is 5.53. The van der Waals surface area contributed by atoms with Crippen molar-refractivity contribution < 1.29 is 13.5 Å². The van der Waals surface area contributed by atoms with Crippen LogP contribution in [0, 0.1) is 5.92 Å². The van der Waals surface area contributed by atoms with Gasteiger partial charge in [0.25, 0.3) is 0 Å². The predicted molar refractivity (Wildman–Crippen MR) is 68.8 cm³/mol. The second-order valence-electron chi connectivity index (χ2n) is 4.97. The molecule has 3 nitrogen and oxygen atoms in total. The molecule has 1 atom stereocenters. The summed E-state index contributed by atoms with van der Waals surface area (Å²) in [6.07, 6.45) is 2.80. The summed E-state index contributed by atoms with van der Waals surface area (Å²) >= 11 is 6.34. The van der Waals surface area contributed by atoms with Crippen molar-refractivity contribution in [3.63, 3.8) is 0 Å². The first-order valence-electron chi connectivity index (χ1n) is 6.37. The molecule has 1 fully saturated rings. The number of aromatic nitrogens is 2. The van der Waals surface area contributed by atoms with E-state index in [9.17, 15) is 8.78 Å². The van der Waals surface area contributed by atoms with Gasteiger partial charge in [-0.3, -0.25) is 0 Å². The molecular weight excluding hydrogens is 274 g/mol. The van der Waals surface area contributed by atoms with Crippen LogP contribution in [0.3, 0.4) is 0 Å². The molecule has 0 bridgehead atoms. The van der Waals surface area contributed by atoms with Gasteiger partial charge < -0.3 is 4.74 Å². The highest BCUT2D eigenvalue weighted by molar-refractivity contribution is 6.20. The first-order chi connectivity index (χ1) is 9.00. The van der Waals surface area contributed by atoms with Crippen LogP contribution < -0.4 is 4.74 Å². The molecular formula is C13H17ClF2N2O. The quantitative estimate of drug-likeness (QED) is 0.797. The molecule has 0 spiro atoms. The molecule has 0 aromatic carbocycles. The maximum absolute atomic E-state index is 13.1. The van der Waals surface area contributed by atoms with Crippen LogP contribution in [-0.2, 0) is 6.42 Å². The molecule has 0 N–H and O–H groups in total. The summed E-state index contributed by atoms with van der Waals surface area (Å²) in [4.78, 5) is 8.05. The molecule has 1 aromatic heterocycles. The maximum atomic E-state index is 13.1. The van der Waals surface area contributed by atoms with E-state index in [1.165, 1.54) is 13.4 Å². The highest BCUT2D eigenvalue weighted by Crippen LogP contribution is 2.39. The van der Waals surface area contributed by atoms with Gasteiger partial charge in [-0.05, 0) is 18.8 Å². The molecule has 0 radical (unpaired) electrons. The number of ether oxygens (including phenoxy) is 1. The summed E-state index contributed by atoms with van der Waals surface area (Å²) in [7, 11) is 1.54. The summed E-state index contributed by atoms with van der Waals surface area (Å²) in [5.74, 6) is -1.89. The SMILES string of the molecule is COc1cc(CC(Cl)C2CCC(F)(F)CC2)ncn1. The van der Waals surface area contributed by atoms with Crippen molar-refractivity contribution in [3.05, 3.63) is 18.1 Å². The van der Waals surface area contributed by atoms with E-state index in [4.69, 9.17) is 16.3 Å². The Balaban J connectivity index is 1.92. The van der Waals surface area contributed by atoms with Crippen LogP contribution in [0.5, 0.6) is 5.88 Å². The molecule has 1 aromatic rings. The number of alkyl halides is 3. The number of hydrogen-bond donors (Lipinski definition) is 0. The maximum Gasteiger partial charge on any atom is 0.248 e. The van der Waals surface area contributed by atoms with Gasteiger partial charge in [0.2, 0.25) is 11.8 Å². The fourth-order valence-corrected chi connectivity index (χ4v) is 2.80. The molecule has 0 saturated heterocycles. The molecule has 1 saturated carbocycles. The summed E-state index contributed by atoms with van der Waals surface area (Å²) < 4.78 is 31.2. The Hall–Kier alpha value is -0.970. The summed E-state index contributed by atoms with van der Waals surface area (Å²) in [5, 5.41) is -0.171. The van der Waals surface area contributed by atoms with Gasteiger partial charge in [-0.1, -0.05) is 0 Å². The standard InChI is InChI=1S/C13H17ClF2N2O/c1-19-12-7-10(17-8-18-12)6-11(14)9-2-4-13(15,16)5-3-9/h7-9,11H,2-6H2,1H3. The first-order valence-corrected chi connectivity index (χ1v) is 6.80. The molecule has 19 heavy (non-hydrogen) atoms. The highest BCUT2D eigenvalue weighted by atomic mass is 35.5. The van der Waals surface area contributed by atoms with Gasteiger partial charge in [0.15, 0.2) is 0 Å². The Bertz CT molecular complexity index is 421. The fraction of sp³-hybridized carbons (Fsp3) is 0.692. The largest absolute Gasteiger partial charge is 0.481 e. The van der Waals surface area contributed by atoms with Crippen molar-refractivity contribution >= 4 is 11.6 Å². The van der Waals surface area contributed by atoms with Crippen molar-refractivity contribution in [1.29, 1.82) is 0 Å². The highest BCUT2D eigenvalue weighted by Gasteiger charge is 2.37. The molecule has 1 unspecified atom stereocenters. The minimum absolute atomic E-state index is 0.0615. The van der Waals surface area contributed by atoms with Crippen LogP contribution >= 0.6 is 11.6 Å². The van der Waals surface area contributed by atoms with Gasteiger partial charge in [0.1, 0.15) is 6.33 Å². The van der Waals surface area contributed by atoms with Gasteiger partial charge in [-0.15, -0.1) is 11.6 Å². The van der Waals surface area contributed by atoms with E-state index in [1.54, 1.807) is 6.07 Å². The normalized spacial score (nSPS) is 21.1. The van der Waals surface area contributed by atoms with Gasteiger partial charge in [0.05, 0.1) is 7.11 Å². The van der Waals surface area contributed by atoms with E-state index in [-0.39, 0.29) is 24.1 Å². The Morgan fingerprint density at radius 3 is 2.74 bits per heavy atom. The molecule has 1 aliphatic carbocycles. The van der Waals surface area contributed by atoms with Crippen LogP contribution in [0.15, 0.2) is 12.4 Å². The zero-order chi connectivity index (χ0) is 13.9. The molecule has 0 aliphatic heterocycles. The monoisotopic (exact) mass is 290 g/mol. The molecule has 6 heteroatoms. The number of nitrogens with zero attached hydrogens (tertiary/aromatic N) is 2. The zero-order valence-electron chi connectivity index (χ0n) is 10.8. The Labute approximate surface area is 116 Å². The van der Waals surface area contributed by atoms with E-state index >= 15 is 0 Å². The fourth-order valence-electron chi connectivity index (χ4n) is 2.39. The van der Waals surface area contributed by atoms with E-state index in [0.717, 1.165) is 5.69 Å². The van der Waals surface area contributed by atoms with E-state index < -0.39 is 5.92 Å². The first kappa shape index (κ1) is 14.4. The van der Waals surface area contributed by atoms with Crippen molar-refractivity contribution in [1.82, 2.24) is 9.97 Å². The average molecular weight is 291 g/mol. The minimum atomic E-state index is -2.51. The van der Waals surface area contributed by atoms with Gasteiger partial charge in [0, 0.05) is 36.4 Å². The molecule has 1 heterocycles. The average Bonchev–Trinajstić information content (AvgIpc) is 2.38. The van der Waals surface area contributed by atoms with Crippen molar-refractivity contribution in [2.24, 2.45) is 5.92 Å². The molecule has 2 rings (SSSR count). The lowest BCUT2D eigenvalue weighted by Gasteiger charge is -2.30. The number of hydrogen-bond acceptors (Lipinski definition) is 3. The Morgan fingerprint density at radius 2 is 2.11 bits per heavy atom. The third kappa shape index (κ3) is 4.00. The lowest BCUT2D eigenvalue weighted by molar-refractivity contribution is -0.0460. The van der Waals surface area contributed by atoms with Crippen molar-refractivity contribution in [2.75, 3.05) is 7.11 Å². The summed E-state index contributed by atoms with van der Waals surface area (Å²) in [5.41, 5.74) is 0.782. The number of rotatable bonds is 4.